The van der Waals surface area contributed by atoms with Gasteiger partial charge < -0.3 is 0 Å². The fourth-order valence-corrected chi connectivity index (χ4v) is 1.41. The molecule has 0 bridgehead atoms. The molecule has 0 amide bonds. The van der Waals surface area contributed by atoms with Crippen LogP contribution < -0.4 is 0 Å². The molecule has 2 aromatic rings. The van der Waals surface area contributed by atoms with E-state index in [1.807, 2.05) is 12.2 Å². The van der Waals surface area contributed by atoms with Crippen molar-refractivity contribution in [2.75, 3.05) is 0 Å². The van der Waals surface area contributed by atoms with Crippen molar-refractivity contribution in [1.82, 2.24) is 0 Å². The molecule has 0 aromatic heterocycles. The molecule has 0 unspecified atom stereocenters. The van der Waals surface area contributed by atoms with Crippen molar-refractivity contribution in [1.29, 1.82) is 0 Å². The average molecular weight is 359 g/mol. The van der Waals surface area contributed by atoms with Crippen LogP contribution in [0.4, 0.5) is 0 Å². The van der Waals surface area contributed by atoms with Crippen LogP contribution in [0.3, 0.4) is 0 Å². The van der Waals surface area contributed by atoms with Crippen LogP contribution in [0.15, 0.2) is 60.7 Å². The molecule has 1 aliphatic carbocycles. The maximum atomic E-state index is 2.99. The van der Waals surface area contributed by atoms with Gasteiger partial charge in [-0.25, -0.2) is 12.2 Å². The van der Waals surface area contributed by atoms with E-state index in [-0.39, 0.29) is 25.8 Å². The van der Waals surface area contributed by atoms with Crippen LogP contribution in [0.5, 0.6) is 0 Å². The molecule has 70 valence electrons. The van der Waals surface area contributed by atoms with Gasteiger partial charge in [0.15, 0.2) is 0 Å². The first-order valence-corrected chi connectivity index (χ1v) is 4.79. The maximum Gasteiger partial charge on any atom is 4.00 e. The zero-order chi connectivity index (χ0) is 9.64. The number of allylic oxidation sites excluding steroid dienone is 4. The van der Waals surface area contributed by atoms with E-state index in [2.05, 4.69) is 54.6 Å². The van der Waals surface area contributed by atoms with E-state index in [1.165, 1.54) is 10.8 Å². The molecule has 0 fully saturated rings. The van der Waals surface area contributed by atoms with Gasteiger partial charge in [-0.05, 0) is 0 Å². The molecule has 0 atom stereocenters. The summed E-state index contributed by atoms with van der Waals surface area (Å²) in [6.07, 6.45) is 10.0. The first kappa shape index (κ1) is 12.3. The molecule has 0 N–H and O–H groups in total. The quantitative estimate of drug-likeness (QED) is 0.495. The molecule has 1 heteroatoms. The van der Waals surface area contributed by atoms with E-state index >= 15 is 0 Å². The zero-order valence-electron chi connectivity index (χ0n) is 8.48. The zero-order valence-corrected chi connectivity index (χ0v) is 12.1. The molecule has 15 heavy (non-hydrogen) atoms. The van der Waals surface area contributed by atoms with Gasteiger partial charge in [-0.15, -0.1) is 36.1 Å². The van der Waals surface area contributed by atoms with E-state index in [9.17, 15) is 0 Å². The van der Waals surface area contributed by atoms with Crippen molar-refractivity contribution in [2.45, 2.75) is 6.42 Å². The largest absolute Gasteiger partial charge is 4.00 e. The Bertz CT molecular complexity index is 409. The van der Waals surface area contributed by atoms with Gasteiger partial charge in [0, 0.05) is 0 Å². The number of rotatable bonds is 0. The Morgan fingerprint density at radius 3 is 2.60 bits per heavy atom. The van der Waals surface area contributed by atoms with Crippen LogP contribution in [0, 0.1) is 6.08 Å². The minimum absolute atomic E-state index is 0. The summed E-state index contributed by atoms with van der Waals surface area (Å²) in [4.78, 5) is 0. The Morgan fingerprint density at radius 2 is 2.00 bits per heavy atom. The molecule has 0 radical (unpaired) electrons. The van der Waals surface area contributed by atoms with Crippen LogP contribution in [0.1, 0.15) is 6.42 Å². The van der Waals surface area contributed by atoms with Crippen molar-refractivity contribution in [2.24, 2.45) is 0 Å². The Morgan fingerprint density at radius 1 is 1.13 bits per heavy atom. The summed E-state index contributed by atoms with van der Waals surface area (Å²) in [7, 11) is 0. The van der Waals surface area contributed by atoms with Gasteiger partial charge in [-0.2, -0.15) is 23.6 Å². The van der Waals surface area contributed by atoms with Crippen molar-refractivity contribution in [3.8, 4) is 0 Å². The third-order valence-corrected chi connectivity index (χ3v) is 2.13. The molecule has 0 saturated carbocycles. The van der Waals surface area contributed by atoms with E-state index in [1.54, 1.807) is 0 Å². The van der Waals surface area contributed by atoms with Gasteiger partial charge >= 0.3 is 25.8 Å². The summed E-state index contributed by atoms with van der Waals surface area (Å²) in [5, 5.41) is 2.66. The van der Waals surface area contributed by atoms with Gasteiger partial charge in [0.1, 0.15) is 0 Å². The Kier molecular flexibility index (Phi) is 5.41. The standard InChI is InChI=1S/C9H7.C5H5.Hf/c1-2-5-9-7-3-6-8(9)4-1;1-2-4-5-3-1;/h1-7H;1-3H,4H2;/q2*-1;+4. The number of fused-ring (bicyclic) bond motifs is 1. The first-order valence-electron chi connectivity index (χ1n) is 4.79. The Hall–Kier alpha value is -0.820. The molecule has 3 rings (SSSR count). The van der Waals surface area contributed by atoms with Crippen molar-refractivity contribution in [3.63, 3.8) is 0 Å². The smallest absolute Gasteiger partial charge is 0.273 e. The van der Waals surface area contributed by atoms with Gasteiger partial charge in [0.2, 0.25) is 0 Å². The molecular formula is C14H12Hf+2. The molecule has 0 nitrogen and oxygen atoms in total. The minimum atomic E-state index is 0. The second kappa shape index (κ2) is 6.62. The van der Waals surface area contributed by atoms with Crippen molar-refractivity contribution >= 4 is 10.8 Å². The van der Waals surface area contributed by atoms with Gasteiger partial charge in [0.25, 0.3) is 0 Å². The maximum absolute atomic E-state index is 2.99. The SMILES string of the molecule is [C-]1=CC=CC1.[Hf+4].c1ccc2[cH-]ccc2c1. The topological polar surface area (TPSA) is 0 Å². The van der Waals surface area contributed by atoms with E-state index in [0.717, 1.165) is 6.42 Å². The summed E-state index contributed by atoms with van der Waals surface area (Å²) in [5.41, 5.74) is 0. The van der Waals surface area contributed by atoms with Crippen LogP contribution in [0.25, 0.3) is 10.8 Å². The van der Waals surface area contributed by atoms with Gasteiger partial charge in [0.05, 0.1) is 0 Å². The number of hydrogen-bond acceptors (Lipinski definition) is 0. The monoisotopic (exact) mass is 360 g/mol. The fraction of sp³-hybridized carbons (Fsp3) is 0.0714. The first-order chi connectivity index (χ1) is 6.97. The summed E-state index contributed by atoms with van der Waals surface area (Å²) < 4.78 is 0. The summed E-state index contributed by atoms with van der Waals surface area (Å²) in [5.74, 6) is 0. The van der Waals surface area contributed by atoms with E-state index in [4.69, 9.17) is 0 Å². The van der Waals surface area contributed by atoms with E-state index in [0.29, 0.717) is 0 Å². The fourth-order valence-electron chi connectivity index (χ4n) is 1.41. The van der Waals surface area contributed by atoms with Crippen LogP contribution in [-0.2, 0) is 25.8 Å². The van der Waals surface area contributed by atoms with Crippen LogP contribution >= 0.6 is 0 Å². The van der Waals surface area contributed by atoms with E-state index < -0.39 is 0 Å². The number of benzene rings is 1. The molecule has 2 aromatic carbocycles. The molecule has 0 aliphatic heterocycles. The van der Waals surface area contributed by atoms with Crippen LogP contribution in [0.2, 0.25) is 0 Å². The molecule has 0 spiro atoms. The van der Waals surface area contributed by atoms with Crippen LogP contribution in [-0.4, -0.2) is 0 Å². The molecule has 1 aliphatic rings. The third-order valence-electron chi connectivity index (χ3n) is 2.13. The van der Waals surface area contributed by atoms with Crippen molar-refractivity contribution < 1.29 is 25.8 Å². The Balaban J connectivity index is 0.000000162. The molecular weight excluding hydrogens is 347 g/mol. The molecule has 0 saturated heterocycles. The predicted octanol–water partition coefficient (Wildman–Crippen LogP) is 3.86. The normalized spacial score (nSPS) is 12.0. The second-order valence-corrected chi connectivity index (χ2v) is 3.16. The number of hydrogen-bond donors (Lipinski definition) is 0. The summed E-state index contributed by atoms with van der Waals surface area (Å²) >= 11 is 0. The predicted molar refractivity (Wildman–Crippen MR) is 61.1 cm³/mol. The molecule has 0 heterocycles. The summed E-state index contributed by atoms with van der Waals surface area (Å²) in [6, 6.07) is 14.7. The van der Waals surface area contributed by atoms with Gasteiger partial charge in [-0.3, -0.25) is 6.08 Å². The summed E-state index contributed by atoms with van der Waals surface area (Å²) in [6.45, 7) is 0. The third kappa shape index (κ3) is 3.67. The minimum Gasteiger partial charge on any atom is -0.273 e. The second-order valence-electron chi connectivity index (χ2n) is 3.16. The Labute approximate surface area is 109 Å². The average Bonchev–Trinajstić information content (AvgIpc) is 2.92. The van der Waals surface area contributed by atoms with Gasteiger partial charge in [-0.1, -0.05) is 6.07 Å². The van der Waals surface area contributed by atoms with Crippen molar-refractivity contribution in [3.05, 3.63) is 66.8 Å².